The lowest BCUT2D eigenvalue weighted by atomic mass is 10.1. The summed E-state index contributed by atoms with van der Waals surface area (Å²) >= 11 is 0. The molecule has 0 saturated carbocycles. The molecule has 2 aromatic rings. The molecule has 6 nitrogen and oxygen atoms in total. The van der Waals surface area contributed by atoms with Gasteiger partial charge < -0.3 is 14.8 Å². The van der Waals surface area contributed by atoms with Crippen LogP contribution in [-0.4, -0.2) is 50.2 Å². The molecule has 0 atom stereocenters. The van der Waals surface area contributed by atoms with Crippen LogP contribution in [0.2, 0.25) is 0 Å². The smallest absolute Gasteiger partial charge is 0.338 e. The van der Waals surface area contributed by atoms with Crippen molar-refractivity contribution in [3.63, 3.8) is 0 Å². The Bertz CT molecular complexity index is 829. The van der Waals surface area contributed by atoms with Crippen molar-refractivity contribution in [3.05, 3.63) is 64.7 Å². The predicted octanol–water partition coefficient (Wildman–Crippen LogP) is 2.87. The van der Waals surface area contributed by atoms with E-state index in [9.17, 15) is 9.59 Å². The van der Waals surface area contributed by atoms with Gasteiger partial charge in [-0.3, -0.25) is 9.69 Å². The van der Waals surface area contributed by atoms with Crippen LogP contribution in [0.15, 0.2) is 42.5 Å². The van der Waals surface area contributed by atoms with Crippen molar-refractivity contribution in [1.82, 2.24) is 4.90 Å². The number of carbonyl (C=O) groups excluding carboxylic acids is 2. The van der Waals surface area contributed by atoms with Crippen LogP contribution in [0.5, 0.6) is 0 Å². The maximum Gasteiger partial charge on any atom is 0.338 e. The minimum absolute atomic E-state index is 0.205. The van der Waals surface area contributed by atoms with E-state index in [2.05, 4.69) is 10.2 Å². The van der Waals surface area contributed by atoms with Crippen molar-refractivity contribution in [1.29, 1.82) is 0 Å². The van der Waals surface area contributed by atoms with Crippen LogP contribution < -0.4 is 5.32 Å². The summed E-state index contributed by atoms with van der Waals surface area (Å²) in [5, 5.41) is 2.90. The number of anilines is 1. The Morgan fingerprint density at radius 3 is 2.63 bits per heavy atom. The highest BCUT2D eigenvalue weighted by Crippen LogP contribution is 2.21. The second-order valence-corrected chi connectivity index (χ2v) is 6.51. The van der Waals surface area contributed by atoms with Gasteiger partial charge in [-0.25, -0.2) is 4.79 Å². The monoisotopic (exact) mass is 368 g/mol. The fourth-order valence-electron chi connectivity index (χ4n) is 3.13. The van der Waals surface area contributed by atoms with Gasteiger partial charge in [0.15, 0.2) is 0 Å². The van der Waals surface area contributed by atoms with E-state index < -0.39 is 5.97 Å². The molecule has 0 aliphatic carbocycles. The largest absolute Gasteiger partial charge is 0.465 e. The second-order valence-electron chi connectivity index (χ2n) is 6.51. The summed E-state index contributed by atoms with van der Waals surface area (Å²) in [6, 6.07) is 12.8. The molecule has 142 valence electrons. The van der Waals surface area contributed by atoms with Crippen molar-refractivity contribution in [2.24, 2.45) is 0 Å². The molecular weight excluding hydrogens is 344 g/mol. The van der Waals surface area contributed by atoms with E-state index in [0.29, 0.717) is 22.4 Å². The molecule has 6 heteroatoms. The lowest BCUT2D eigenvalue weighted by Crippen LogP contribution is -2.35. The fraction of sp³-hybridized carbons (Fsp3) is 0.333. The second kappa shape index (κ2) is 8.79. The Morgan fingerprint density at radius 1 is 1.15 bits per heavy atom. The third-order valence-electron chi connectivity index (χ3n) is 4.69. The molecule has 1 aliphatic rings. The molecule has 1 amide bonds. The molecule has 0 unspecified atom stereocenters. The minimum atomic E-state index is -0.420. The van der Waals surface area contributed by atoms with Gasteiger partial charge in [0, 0.05) is 30.9 Å². The number of hydrogen-bond acceptors (Lipinski definition) is 5. The number of nitrogens with zero attached hydrogens (tertiary/aromatic N) is 1. The van der Waals surface area contributed by atoms with Crippen LogP contribution in [0.4, 0.5) is 5.69 Å². The highest BCUT2D eigenvalue weighted by molar-refractivity contribution is 6.05. The lowest BCUT2D eigenvalue weighted by Gasteiger charge is -2.26. The predicted molar refractivity (Wildman–Crippen MR) is 103 cm³/mol. The van der Waals surface area contributed by atoms with Gasteiger partial charge in [-0.15, -0.1) is 0 Å². The normalized spacial score (nSPS) is 14.6. The van der Waals surface area contributed by atoms with Gasteiger partial charge in [0.25, 0.3) is 5.91 Å². The standard InChI is InChI=1S/C21H24N2O4/c1-15-18(21(25)26-2)7-4-8-19(15)22-20(24)17-6-3-5-16(13-17)14-23-9-11-27-12-10-23/h3-8,13H,9-12,14H2,1-2H3,(H,22,24). The third-order valence-corrected chi connectivity index (χ3v) is 4.69. The third kappa shape index (κ3) is 4.72. The minimum Gasteiger partial charge on any atom is -0.465 e. The number of rotatable bonds is 5. The van der Waals surface area contributed by atoms with Crippen LogP contribution in [0.3, 0.4) is 0 Å². The first-order valence-corrected chi connectivity index (χ1v) is 8.97. The molecule has 1 heterocycles. The Morgan fingerprint density at radius 2 is 1.89 bits per heavy atom. The first kappa shape index (κ1) is 19.1. The number of esters is 1. The Labute approximate surface area is 159 Å². The molecule has 1 saturated heterocycles. The zero-order valence-corrected chi connectivity index (χ0v) is 15.7. The molecule has 2 aromatic carbocycles. The number of carbonyl (C=O) groups is 2. The molecular formula is C21H24N2O4. The molecule has 1 fully saturated rings. The summed E-state index contributed by atoms with van der Waals surface area (Å²) in [5.74, 6) is -0.625. The number of nitrogens with one attached hydrogen (secondary N) is 1. The summed E-state index contributed by atoms with van der Waals surface area (Å²) in [4.78, 5) is 26.8. The van der Waals surface area contributed by atoms with Crippen molar-refractivity contribution in [2.45, 2.75) is 13.5 Å². The van der Waals surface area contributed by atoms with Crippen LogP contribution in [0.25, 0.3) is 0 Å². The Balaban J connectivity index is 1.73. The average molecular weight is 368 g/mol. The highest BCUT2D eigenvalue weighted by atomic mass is 16.5. The maximum atomic E-state index is 12.7. The number of amides is 1. The van der Waals surface area contributed by atoms with Crippen LogP contribution in [-0.2, 0) is 16.0 Å². The van der Waals surface area contributed by atoms with Gasteiger partial charge in [-0.1, -0.05) is 18.2 Å². The van der Waals surface area contributed by atoms with Crippen molar-refractivity contribution in [2.75, 3.05) is 38.7 Å². The van der Waals surface area contributed by atoms with Crippen molar-refractivity contribution >= 4 is 17.6 Å². The van der Waals surface area contributed by atoms with E-state index in [4.69, 9.17) is 9.47 Å². The fourth-order valence-corrected chi connectivity index (χ4v) is 3.13. The summed E-state index contributed by atoms with van der Waals surface area (Å²) in [6.07, 6.45) is 0. The molecule has 0 aromatic heterocycles. The number of hydrogen-bond donors (Lipinski definition) is 1. The molecule has 3 rings (SSSR count). The number of benzene rings is 2. The van der Waals surface area contributed by atoms with Gasteiger partial charge in [-0.2, -0.15) is 0 Å². The Hall–Kier alpha value is -2.70. The first-order chi connectivity index (χ1) is 13.1. The SMILES string of the molecule is COC(=O)c1cccc(NC(=O)c2cccc(CN3CCOCC3)c2)c1C. The van der Waals surface area contributed by atoms with Crippen molar-refractivity contribution < 1.29 is 19.1 Å². The zero-order valence-electron chi connectivity index (χ0n) is 15.7. The van der Waals surface area contributed by atoms with Gasteiger partial charge >= 0.3 is 5.97 Å². The van der Waals surface area contributed by atoms with Gasteiger partial charge in [0.05, 0.1) is 25.9 Å². The summed E-state index contributed by atoms with van der Waals surface area (Å²) in [5.41, 5.74) is 3.40. The quantitative estimate of drug-likeness (QED) is 0.822. The van der Waals surface area contributed by atoms with E-state index in [-0.39, 0.29) is 5.91 Å². The highest BCUT2D eigenvalue weighted by Gasteiger charge is 2.15. The van der Waals surface area contributed by atoms with Crippen molar-refractivity contribution in [3.8, 4) is 0 Å². The molecule has 0 bridgehead atoms. The van der Waals surface area contributed by atoms with E-state index in [0.717, 1.165) is 38.4 Å². The molecule has 27 heavy (non-hydrogen) atoms. The summed E-state index contributed by atoms with van der Waals surface area (Å²) in [6.45, 7) is 5.87. The zero-order chi connectivity index (χ0) is 19.2. The first-order valence-electron chi connectivity index (χ1n) is 8.97. The van der Waals surface area contributed by atoms with E-state index in [1.54, 1.807) is 31.2 Å². The lowest BCUT2D eigenvalue weighted by molar-refractivity contribution is 0.0342. The van der Waals surface area contributed by atoms with Crippen LogP contribution in [0, 0.1) is 6.92 Å². The molecule has 0 spiro atoms. The van der Waals surface area contributed by atoms with Crippen LogP contribution in [0.1, 0.15) is 31.8 Å². The Kier molecular flexibility index (Phi) is 6.21. The maximum absolute atomic E-state index is 12.7. The number of ether oxygens (including phenoxy) is 2. The molecule has 1 aliphatic heterocycles. The average Bonchev–Trinajstić information content (AvgIpc) is 2.70. The topological polar surface area (TPSA) is 67.9 Å². The van der Waals surface area contributed by atoms with E-state index >= 15 is 0 Å². The molecule has 1 N–H and O–H groups in total. The van der Waals surface area contributed by atoms with Gasteiger partial charge in [0.2, 0.25) is 0 Å². The number of morpholine rings is 1. The summed E-state index contributed by atoms with van der Waals surface area (Å²) in [7, 11) is 1.34. The number of methoxy groups -OCH3 is 1. The van der Waals surface area contributed by atoms with Gasteiger partial charge in [0.1, 0.15) is 0 Å². The molecule has 0 radical (unpaired) electrons. The van der Waals surface area contributed by atoms with E-state index in [1.807, 2.05) is 18.2 Å². The van der Waals surface area contributed by atoms with E-state index in [1.165, 1.54) is 7.11 Å². The van der Waals surface area contributed by atoms with Crippen LogP contribution >= 0.6 is 0 Å². The van der Waals surface area contributed by atoms with Gasteiger partial charge in [-0.05, 0) is 42.3 Å². The summed E-state index contributed by atoms with van der Waals surface area (Å²) < 4.78 is 10.2.